The minimum atomic E-state index is -0.146. The van der Waals surface area contributed by atoms with Gasteiger partial charge in [-0.15, -0.1) is 0 Å². The number of anilines is 2. The summed E-state index contributed by atoms with van der Waals surface area (Å²) in [6.45, 7) is 2.72. The third-order valence-electron chi connectivity index (χ3n) is 4.80. The van der Waals surface area contributed by atoms with Crippen LogP contribution >= 0.6 is 0 Å². The lowest BCUT2D eigenvalue weighted by molar-refractivity contribution is 0.250. The van der Waals surface area contributed by atoms with Crippen LogP contribution in [0.15, 0.2) is 60.8 Å². The number of carbonyl (C=O) groups excluding carboxylic acids is 1. The van der Waals surface area contributed by atoms with Gasteiger partial charge in [0, 0.05) is 42.4 Å². The molecule has 2 heterocycles. The molecule has 3 aromatic rings. The van der Waals surface area contributed by atoms with E-state index in [2.05, 4.69) is 44.8 Å². The van der Waals surface area contributed by atoms with Crippen molar-refractivity contribution in [2.45, 2.75) is 6.42 Å². The third-order valence-corrected chi connectivity index (χ3v) is 4.80. The number of para-hydroxylation sites is 1. The molecular formula is C20H22N4O. The molecule has 0 bridgehead atoms. The molecule has 5 heteroatoms. The van der Waals surface area contributed by atoms with Gasteiger partial charge in [0.2, 0.25) is 0 Å². The number of hydrogen-bond donors (Lipinski definition) is 3. The maximum absolute atomic E-state index is 12.2. The molecule has 25 heavy (non-hydrogen) atoms. The number of fused-ring (bicyclic) bond motifs is 1. The zero-order chi connectivity index (χ0) is 17.1. The van der Waals surface area contributed by atoms with Crippen molar-refractivity contribution in [2.24, 2.45) is 5.92 Å². The molecule has 0 unspecified atom stereocenters. The van der Waals surface area contributed by atoms with Crippen LogP contribution in [0.5, 0.6) is 0 Å². The molecule has 2 aromatic carbocycles. The molecule has 0 saturated carbocycles. The van der Waals surface area contributed by atoms with Gasteiger partial charge in [-0.05, 0) is 42.7 Å². The number of hydrogen-bond acceptors (Lipinski definition) is 2. The van der Waals surface area contributed by atoms with Crippen LogP contribution in [-0.2, 0) is 0 Å². The van der Waals surface area contributed by atoms with Crippen LogP contribution in [0.2, 0.25) is 0 Å². The summed E-state index contributed by atoms with van der Waals surface area (Å²) in [5, 5.41) is 6.99. The van der Waals surface area contributed by atoms with Gasteiger partial charge < -0.3 is 20.5 Å². The topological polar surface area (TPSA) is 60.2 Å². The van der Waals surface area contributed by atoms with Crippen LogP contribution in [0, 0.1) is 5.92 Å². The Morgan fingerprint density at radius 2 is 2.00 bits per heavy atom. The van der Waals surface area contributed by atoms with Gasteiger partial charge in [-0.25, -0.2) is 4.79 Å². The summed E-state index contributed by atoms with van der Waals surface area (Å²) in [4.78, 5) is 17.8. The minimum absolute atomic E-state index is 0.146. The summed E-state index contributed by atoms with van der Waals surface area (Å²) in [7, 11) is 0. The molecule has 1 aliphatic heterocycles. The second-order valence-corrected chi connectivity index (χ2v) is 6.52. The molecule has 1 aliphatic rings. The molecule has 1 atom stereocenters. The Morgan fingerprint density at radius 3 is 2.88 bits per heavy atom. The Morgan fingerprint density at radius 1 is 1.12 bits per heavy atom. The van der Waals surface area contributed by atoms with Gasteiger partial charge in [-0.3, -0.25) is 0 Å². The molecule has 5 nitrogen and oxygen atoms in total. The van der Waals surface area contributed by atoms with Crippen LogP contribution < -0.4 is 15.5 Å². The first kappa shape index (κ1) is 15.6. The van der Waals surface area contributed by atoms with Gasteiger partial charge in [-0.1, -0.05) is 24.3 Å². The van der Waals surface area contributed by atoms with E-state index in [0.717, 1.165) is 36.1 Å². The minimum Gasteiger partial charge on any atom is -0.371 e. The number of nitrogens with one attached hydrogen (secondary N) is 3. The number of amides is 2. The summed E-state index contributed by atoms with van der Waals surface area (Å²) in [5.41, 5.74) is 3.11. The number of urea groups is 1. The molecule has 0 spiro atoms. The molecule has 0 radical (unpaired) electrons. The molecule has 1 saturated heterocycles. The first-order valence-corrected chi connectivity index (χ1v) is 8.70. The predicted octanol–water partition coefficient (Wildman–Crippen LogP) is 3.82. The summed E-state index contributed by atoms with van der Waals surface area (Å²) < 4.78 is 0. The van der Waals surface area contributed by atoms with Crippen molar-refractivity contribution in [3.63, 3.8) is 0 Å². The van der Waals surface area contributed by atoms with Crippen LogP contribution in [-0.4, -0.2) is 30.6 Å². The number of carbonyl (C=O) groups is 1. The van der Waals surface area contributed by atoms with Gasteiger partial charge >= 0.3 is 6.03 Å². The summed E-state index contributed by atoms with van der Waals surface area (Å²) >= 11 is 0. The summed E-state index contributed by atoms with van der Waals surface area (Å²) in [6.07, 6.45) is 2.98. The van der Waals surface area contributed by atoms with Crippen LogP contribution in [0.4, 0.5) is 16.2 Å². The van der Waals surface area contributed by atoms with E-state index in [1.165, 1.54) is 5.69 Å². The van der Waals surface area contributed by atoms with E-state index in [1.807, 2.05) is 36.5 Å². The summed E-state index contributed by atoms with van der Waals surface area (Å²) in [6, 6.07) is 18.1. The second kappa shape index (κ2) is 6.89. The quantitative estimate of drug-likeness (QED) is 0.679. The first-order valence-electron chi connectivity index (χ1n) is 8.70. The first-order chi connectivity index (χ1) is 12.3. The van der Waals surface area contributed by atoms with Gasteiger partial charge in [0.25, 0.3) is 0 Å². The molecule has 1 aromatic heterocycles. The highest BCUT2D eigenvalue weighted by molar-refractivity contribution is 6.00. The largest absolute Gasteiger partial charge is 0.371 e. The maximum Gasteiger partial charge on any atom is 0.319 e. The Kier molecular flexibility index (Phi) is 4.29. The highest BCUT2D eigenvalue weighted by Gasteiger charge is 2.23. The smallest absolute Gasteiger partial charge is 0.319 e. The van der Waals surface area contributed by atoms with Gasteiger partial charge in [0.05, 0.1) is 5.69 Å². The zero-order valence-corrected chi connectivity index (χ0v) is 14.0. The van der Waals surface area contributed by atoms with E-state index in [9.17, 15) is 4.79 Å². The van der Waals surface area contributed by atoms with E-state index >= 15 is 0 Å². The fraction of sp³-hybridized carbons (Fsp3) is 0.250. The Labute approximate surface area is 147 Å². The number of aromatic nitrogens is 1. The number of rotatable bonds is 4. The molecular weight excluding hydrogens is 312 g/mol. The third kappa shape index (κ3) is 3.45. The number of H-pyrrole nitrogens is 1. The monoisotopic (exact) mass is 334 g/mol. The Balaban J connectivity index is 1.30. The van der Waals surface area contributed by atoms with Gasteiger partial charge in [0.1, 0.15) is 0 Å². The average molecular weight is 334 g/mol. The van der Waals surface area contributed by atoms with Crippen LogP contribution in [0.1, 0.15) is 6.42 Å². The molecule has 3 N–H and O–H groups in total. The van der Waals surface area contributed by atoms with Crippen molar-refractivity contribution in [3.05, 3.63) is 60.8 Å². The van der Waals surface area contributed by atoms with Gasteiger partial charge in [-0.2, -0.15) is 0 Å². The average Bonchev–Trinajstić information content (AvgIpc) is 3.31. The maximum atomic E-state index is 12.2. The van der Waals surface area contributed by atoms with Crippen LogP contribution in [0.3, 0.4) is 0 Å². The normalized spacial score (nSPS) is 17.0. The van der Waals surface area contributed by atoms with E-state index in [1.54, 1.807) is 0 Å². The lowest BCUT2D eigenvalue weighted by Gasteiger charge is -2.18. The van der Waals surface area contributed by atoms with Crippen molar-refractivity contribution < 1.29 is 4.79 Å². The molecule has 128 valence electrons. The van der Waals surface area contributed by atoms with Crippen molar-refractivity contribution >= 4 is 28.3 Å². The standard InChI is InChI=1S/C20H22N4O/c25-20(23-19-8-4-7-18-17(19)9-11-21-18)22-13-15-10-12-24(14-15)16-5-2-1-3-6-16/h1-9,11,15,21H,10,12-14H2,(H2,22,23,25)/t15-/m1/s1. The van der Waals surface area contributed by atoms with Crippen molar-refractivity contribution in [1.82, 2.24) is 10.3 Å². The fourth-order valence-corrected chi connectivity index (χ4v) is 3.47. The van der Waals surface area contributed by atoms with Crippen LogP contribution in [0.25, 0.3) is 10.9 Å². The highest BCUT2D eigenvalue weighted by atomic mass is 16.2. The number of benzene rings is 2. The molecule has 0 aliphatic carbocycles. The van der Waals surface area contributed by atoms with Gasteiger partial charge in [0.15, 0.2) is 0 Å². The molecule has 4 rings (SSSR count). The Bertz CT molecular complexity index is 858. The molecule has 1 fully saturated rings. The number of nitrogens with zero attached hydrogens (tertiary/aromatic N) is 1. The van der Waals surface area contributed by atoms with E-state index in [-0.39, 0.29) is 6.03 Å². The summed E-state index contributed by atoms with van der Waals surface area (Å²) in [5.74, 6) is 0.481. The zero-order valence-electron chi connectivity index (χ0n) is 14.0. The fourth-order valence-electron chi connectivity index (χ4n) is 3.47. The second-order valence-electron chi connectivity index (χ2n) is 6.52. The highest BCUT2D eigenvalue weighted by Crippen LogP contribution is 2.24. The number of aromatic amines is 1. The van der Waals surface area contributed by atoms with Crippen molar-refractivity contribution in [2.75, 3.05) is 29.9 Å². The Hall–Kier alpha value is -2.95. The van der Waals surface area contributed by atoms with E-state index in [4.69, 9.17) is 0 Å². The van der Waals surface area contributed by atoms with Crippen molar-refractivity contribution in [1.29, 1.82) is 0 Å². The van der Waals surface area contributed by atoms with Crippen molar-refractivity contribution in [3.8, 4) is 0 Å². The lowest BCUT2D eigenvalue weighted by atomic mass is 10.1. The SMILES string of the molecule is O=C(NC[C@H]1CCN(c2ccccc2)C1)Nc1cccc2[nH]ccc12. The lowest BCUT2D eigenvalue weighted by Crippen LogP contribution is -2.34. The van der Waals surface area contributed by atoms with E-state index < -0.39 is 0 Å². The predicted molar refractivity (Wildman–Crippen MR) is 102 cm³/mol. The molecule has 2 amide bonds. The van der Waals surface area contributed by atoms with E-state index in [0.29, 0.717) is 12.5 Å².